The van der Waals surface area contributed by atoms with Gasteiger partial charge in [0.25, 0.3) is 0 Å². The second-order valence-corrected chi connectivity index (χ2v) is 4.69. The molecule has 0 aromatic heterocycles. The number of nitrogen functional groups attached to an aromatic ring is 1. The fraction of sp³-hybridized carbons (Fsp3) is 0.235. The fourth-order valence-corrected chi connectivity index (χ4v) is 2.32. The van der Waals surface area contributed by atoms with Crippen LogP contribution in [0.1, 0.15) is 12.5 Å². The van der Waals surface area contributed by atoms with Crippen LogP contribution < -0.4 is 15.4 Å². The monoisotopic (exact) mass is 284 g/mol. The number of carbonyl (C=O) groups is 1. The Morgan fingerprint density at radius 2 is 1.81 bits per heavy atom. The maximum absolute atomic E-state index is 12.6. The SMILES string of the molecule is CCN(C(=O)Cc1ccccc1OC)c1ccccc1N. The summed E-state index contributed by atoms with van der Waals surface area (Å²) in [7, 11) is 1.61. The van der Waals surface area contributed by atoms with Crippen molar-refractivity contribution in [3.63, 3.8) is 0 Å². The van der Waals surface area contributed by atoms with Gasteiger partial charge in [-0.3, -0.25) is 4.79 Å². The van der Waals surface area contributed by atoms with Crippen molar-refractivity contribution < 1.29 is 9.53 Å². The van der Waals surface area contributed by atoms with Gasteiger partial charge in [0.2, 0.25) is 5.91 Å². The van der Waals surface area contributed by atoms with Crippen molar-refractivity contribution in [2.45, 2.75) is 13.3 Å². The van der Waals surface area contributed by atoms with Gasteiger partial charge in [-0.05, 0) is 25.1 Å². The molecule has 0 spiro atoms. The largest absolute Gasteiger partial charge is 0.496 e. The Balaban J connectivity index is 2.24. The van der Waals surface area contributed by atoms with Crippen LogP contribution in [-0.4, -0.2) is 19.6 Å². The van der Waals surface area contributed by atoms with E-state index in [-0.39, 0.29) is 12.3 Å². The van der Waals surface area contributed by atoms with E-state index in [9.17, 15) is 4.79 Å². The molecule has 21 heavy (non-hydrogen) atoms. The molecule has 0 atom stereocenters. The molecule has 4 nitrogen and oxygen atoms in total. The third kappa shape index (κ3) is 3.34. The third-order valence-electron chi connectivity index (χ3n) is 3.38. The van der Waals surface area contributed by atoms with E-state index in [0.717, 1.165) is 17.0 Å². The summed E-state index contributed by atoms with van der Waals surface area (Å²) in [5.74, 6) is 0.725. The average molecular weight is 284 g/mol. The molecule has 0 heterocycles. The van der Waals surface area contributed by atoms with Crippen LogP contribution in [0.5, 0.6) is 5.75 Å². The highest BCUT2D eigenvalue weighted by molar-refractivity contribution is 5.97. The lowest BCUT2D eigenvalue weighted by molar-refractivity contribution is -0.117. The number of hydrogen-bond donors (Lipinski definition) is 1. The summed E-state index contributed by atoms with van der Waals surface area (Å²) >= 11 is 0. The standard InChI is InChI=1S/C17H20N2O2/c1-3-19(15-10-6-5-9-14(15)18)17(20)12-13-8-4-7-11-16(13)21-2/h4-11H,3,12,18H2,1-2H3. The van der Waals surface area contributed by atoms with Crippen LogP contribution in [0.25, 0.3) is 0 Å². The molecule has 0 fully saturated rings. The van der Waals surface area contributed by atoms with E-state index in [2.05, 4.69) is 0 Å². The van der Waals surface area contributed by atoms with Crippen LogP contribution in [-0.2, 0) is 11.2 Å². The maximum atomic E-state index is 12.6. The topological polar surface area (TPSA) is 55.6 Å². The van der Waals surface area contributed by atoms with E-state index in [1.807, 2.05) is 49.4 Å². The minimum atomic E-state index is -0.0000926. The summed E-state index contributed by atoms with van der Waals surface area (Å²) in [5, 5.41) is 0. The quantitative estimate of drug-likeness (QED) is 0.859. The lowest BCUT2D eigenvalue weighted by Crippen LogP contribution is -2.32. The number of ether oxygens (including phenoxy) is 1. The molecular formula is C17H20N2O2. The van der Waals surface area contributed by atoms with E-state index in [0.29, 0.717) is 12.2 Å². The van der Waals surface area contributed by atoms with Crippen molar-refractivity contribution >= 4 is 17.3 Å². The molecule has 0 saturated heterocycles. The Morgan fingerprint density at radius 1 is 1.14 bits per heavy atom. The number of anilines is 2. The number of nitrogens with two attached hydrogens (primary N) is 1. The molecule has 110 valence electrons. The molecule has 0 aliphatic carbocycles. The Kier molecular flexibility index (Phi) is 4.82. The number of benzene rings is 2. The number of amides is 1. The minimum absolute atomic E-state index is 0.0000926. The molecule has 0 saturated carbocycles. The van der Waals surface area contributed by atoms with Gasteiger partial charge in [0.05, 0.1) is 24.9 Å². The van der Waals surface area contributed by atoms with Crippen molar-refractivity contribution in [1.29, 1.82) is 0 Å². The van der Waals surface area contributed by atoms with E-state index in [1.54, 1.807) is 18.1 Å². The lowest BCUT2D eigenvalue weighted by Gasteiger charge is -2.23. The van der Waals surface area contributed by atoms with Crippen molar-refractivity contribution in [2.24, 2.45) is 0 Å². The number of likely N-dealkylation sites (N-methyl/N-ethyl adjacent to an activating group) is 1. The molecule has 2 N–H and O–H groups in total. The molecule has 2 aromatic rings. The van der Waals surface area contributed by atoms with E-state index >= 15 is 0 Å². The number of methoxy groups -OCH3 is 1. The summed E-state index contributed by atoms with van der Waals surface area (Å²) in [6.45, 7) is 2.51. The van der Waals surface area contributed by atoms with Crippen LogP contribution in [0.2, 0.25) is 0 Å². The molecule has 4 heteroatoms. The first-order chi connectivity index (χ1) is 10.2. The number of para-hydroxylation sites is 3. The van der Waals surface area contributed by atoms with Crippen molar-refractivity contribution in [3.8, 4) is 5.75 Å². The molecule has 0 unspecified atom stereocenters. The second-order valence-electron chi connectivity index (χ2n) is 4.69. The van der Waals surface area contributed by atoms with Crippen LogP contribution >= 0.6 is 0 Å². The van der Waals surface area contributed by atoms with E-state index < -0.39 is 0 Å². The van der Waals surface area contributed by atoms with Crippen LogP contribution in [0.15, 0.2) is 48.5 Å². The number of nitrogens with zero attached hydrogens (tertiary/aromatic N) is 1. The highest BCUT2D eigenvalue weighted by Gasteiger charge is 2.17. The second kappa shape index (κ2) is 6.79. The highest BCUT2D eigenvalue weighted by Crippen LogP contribution is 2.24. The zero-order valence-corrected chi connectivity index (χ0v) is 12.4. The number of hydrogen-bond acceptors (Lipinski definition) is 3. The predicted molar refractivity (Wildman–Crippen MR) is 85.6 cm³/mol. The van der Waals surface area contributed by atoms with Gasteiger partial charge in [0, 0.05) is 12.1 Å². The fourth-order valence-electron chi connectivity index (χ4n) is 2.32. The number of rotatable bonds is 5. The Hall–Kier alpha value is -2.49. The van der Waals surface area contributed by atoms with Crippen molar-refractivity contribution in [3.05, 3.63) is 54.1 Å². The van der Waals surface area contributed by atoms with Gasteiger partial charge < -0.3 is 15.4 Å². The highest BCUT2D eigenvalue weighted by atomic mass is 16.5. The average Bonchev–Trinajstić information content (AvgIpc) is 2.50. The Morgan fingerprint density at radius 3 is 2.48 bits per heavy atom. The number of carbonyl (C=O) groups excluding carboxylic acids is 1. The maximum Gasteiger partial charge on any atom is 0.231 e. The zero-order valence-electron chi connectivity index (χ0n) is 12.4. The van der Waals surface area contributed by atoms with Gasteiger partial charge in [-0.2, -0.15) is 0 Å². The summed E-state index contributed by atoms with van der Waals surface area (Å²) in [5.41, 5.74) is 8.19. The Bertz CT molecular complexity index is 626. The van der Waals surface area contributed by atoms with Gasteiger partial charge >= 0.3 is 0 Å². The minimum Gasteiger partial charge on any atom is -0.496 e. The van der Waals surface area contributed by atoms with E-state index in [1.165, 1.54) is 0 Å². The first-order valence-electron chi connectivity index (χ1n) is 6.94. The first kappa shape index (κ1) is 14.9. The Labute approximate surface area is 125 Å². The molecular weight excluding hydrogens is 264 g/mol. The predicted octanol–water partition coefficient (Wildman–Crippen LogP) is 2.87. The molecule has 0 bridgehead atoms. The van der Waals surface area contributed by atoms with Gasteiger partial charge in [-0.25, -0.2) is 0 Å². The van der Waals surface area contributed by atoms with Gasteiger partial charge in [0.1, 0.15) is 5.75 Å². The molecule has 2 aromatic carbocycles. The summed E-state index contributed by atoms with van der Waals surface area (Å²) < 4.78 is 5.29. The van der Waals surface area contributed by atoms with Crippen molar-refractivity contribution in [1.82, 2.24) is 0 Å². The smallest absolute Gasteiger partial charge is 0.231 e. The molecule has 1 amide bonds. The van der Waals surface area contributed by atoms with Gasteiger partial charge in [0.15, 0.2) is 0 Å². The summed E-state index contributed by atoms with van der Waals surface area (Å²) in [6, 6.07) is 14.9. The summed E-state index contributed by atoms with van der Waals surface area (Å²) in [4.78, 5) is 14.3. The molecule has 0 radical (unpaired) electrons. The molecule has 2 rings (SSSR count). The lowest BCUT2D eigenvalue weighted by atomic mass is 10.1. The van der Waals surface area contributed by atoms with Crippen molar-refractivity contribution in [2.75, 3.05) is 24.3 Å². The normalized spacial score (nSPS) is 10.2. The first-order valence-corrected chi connectivity index (χ1v) is 6.94. The van der Waals surface area contributed by atoms with Gasteiger partial charge in [-0.15, -0.1) is 0 Å². The van der Waals surface area contributed by atoms with E-state index in [4.69, 9.17) is 10.5 Å². The van der Waals surface area contributed by atoms with Crippen LogP contribution in [0.3, 0.4) is 0 Å². The summed E-state index contributed by atoms with van der Waals surface area (Å²) in [6.07, 6.45) is 0.284. The van der Waals surface area contributed by atoms with Gasteiger partial charge in [-0.1, -0.05) is 30.3 Å². The molecule has 0 aliphatic rings. The third-order valence-corrected chi connectivity index (χ3v) is 3.38. The molecule has 0 aliphatic heterocycles. The van der Waals surface area contributed by atoms with Crippen LogP contribution in [0, 0.1) is 0 Å². The van der Waals surface area contributed by atoms with Crippen LogP contribution in [0.4, 0.5) is 11.4 Å². The zero-order chi connectivity index (χ0) is 15.2.